The maximum absolute atomic E-state index is 12.3. The van der Waals surface area contributed by atoms with Gasteiger partial charge in [0.2, 0.25) is 0 Å². The van der Waals surface area contributed by atoms with Crippen LogP contribution in [0.25, 0.3) is 10.8 Å². The van der Waals surface area contributed by atoms with E-state index in [1.807, 2.05) is 36.4 Å². The van der Waals surface area contributed by atoms with Crippen LogP contribution in [0.15, 0.2) is 36.4 Å². The lowest BCUT2D eigenvalue weighted by Gasteiger charge is -2.17. The molecule has 0 bridgehead atoms. The number of rotatable bonds is 5. The summed E-state index contributed by atoms with van der Waals surface area (Å²) in [6.45, 7) is 3.12. The standard InChI is InChI=1S/C19H22N2O5/c1-11(18(23)26-12(2)17(22)21-19(24)20-3)13-5-6-15-10-16(25-4)8-7-14(15)9-13/h5-12H,1-4H3,(H2,20,21,22,24)/t11-,12+/m0/s1. The summed E-state index contributed by atoms with van der Waals surface area (Å²) in [5, 5.41) is 6.29. The van der Waals surface area contributed by atoms with Crippen LogP contribution < -0.4 is 15.4 Å². The van der Waals surface area contributed by atoms with Crippen molar-refractivity contribution in [1.29, 1.82) is 0 Å². The monoisotopic (exact) mass is 358 g/mol. The molecule has 0 aromatic heterocycles. The number of benzene rings is 2. The van der Waals surface area contributed by atoms with E-state index in [-0.39, 0.29) is 0 Å². The molecule has 26 heavy (non-hydrogen) atoms. The third-order valence-electron chi connectivity index (χ3n) is 4.05. The van der Waals surface area contributed by atoms with Gasteiger partial charge in [0.1, 0.15) is 5.75 Å². The summed E-state index contributed by atoms with van der Waals surface area (Å²) in [5.74, 6) is -1.03. The Morgan fingerprint density at radius 2 is 1.65 bits per heavy atom. The van der Waals surface area contributed by atoms with Crippen LogP contribution in [-0.4, -0.2) is 38.2 Å². The Kier molecular flexibility index (Phi) is 6.16. The molecular formula is C19H22N2O5. The van der Waals surface area contributed by atoms with E-state index in [0.29, 0.717) is 0 Å². The van der Waals surface area contributed by atoms with Crippen LogP contribution in [0, 0.1) is 0 Å². The number of carbonyl (C=O) groups is 3. The van der Waals surface area contributed by atoms with Gasteiger partial charge in [-0.1, -0.05) is 24.3 Å². The van der Waals surface area contributed by atoms with E-state index in [0.717, 1.165) is 22.1 Å². The van der Waals surface area contributed by atoms with E-state index >= 15 is 0 Å². The number of fused-ring (bicyclic) bond motifs is 1. The lowest BCUT2D eigenvalue weighted by atomic mass is 9.98. The van der Waals surface area contributed by atoms with Gasteiger partial charge in [0.15, 0.2) is 6.10 Å². The first-order chi connectivity index (χ1) is 12.3. The van der Waals surface area contributed by atoms with Gasteiger partial charge in [-0.3, -0.25) is 14.9 Å². The molecule has 2 aromatic rings. The number of hydrogen-bond acceptors (Lipinski definition) is 5. The molecule has 3 amide bonds. The summed E-state index contributed by atoms with van der Waals surface area (Å²) >= 11 is 0. The van der Waals surface area contributed by atoms with Gasteiger partial charge in [-0.15, -0.1) is 0 Å². The van der Waals surface area contributed by atoms with Crippen molar-refractivity contribution in [2.45, 2.75) is 25.9 Å². The van der Waals surface area contributed by atoms with Crippen LogP contribution in [0.3, 0.4) is 0 Å². The smallest absolute Gasteiger partial charge is 0.321 e. The molecule has 0 unspecified atom stereocenters. The van der Waals surface area contributed by atoms with Gasteiger partial charge in [-0.2, -0.15) is 0 Å². The molecule has 0 aliphatic rings. The molecule has 7 nitrogen and oxygen atoms in total. The molecule has 0 saturated heterocycles. The quantitative estimate of drug-likeness (QED) is 0.800. The zero-order chi connectivity index (χ0) is 19.3. The molecule has 2 rings (SSSR count). The SMILES string of the molecule is CNC(=O)NC(=O)[C@@H](C)OC(=O)[C@@H](C)c1ccc2cc(OC)ccc2c1. The fraction of sp³-hybridized carbons (Fsp3) is 0.316. The maximum Gasteiger partial charge on any atom is 0.321 e. The summed E-state index contributed by atoms with van der Waals surface area (Å²) in [6, 6.07) is 10.6. The molecule has 0 spiro atoms. The second kappa shape index (κ2) is 8.33. The molecule has 2 aromatic carbocycles. The molecule has 0 aliphatic carbocycles. The molecule has 2 N–H and O–H groups in total. The molecule has 138 valence electrons. The Morgan fingerprint density at radius 3 is 2.31 bits per heavy atom. The van der Waals surface area contributed by atoms with Crippen molar-refractivity contribution in [1.82, 2.24) is 10.6 Å². The summed E-state index contributed by atoms with van der Waals surface area (Å²) in [6.07, 6.45) is -1.08. The largest absolute Gasteiger partial charge is 0.497 e. The number of esters is 1. The van der Waals surface area contributed by atoms with E-state index in [1.165, 1.54) is 14.0 Å². The molecule has 0 saturated carbocycles. The Hall–Kier alpha value is -3.09. The third-order valence-corrected chi connectivity index (χ3v) is 4.05. The highest BCUT2D eigenvalue weighted by molar-refractivity contribution is 5.97. The topological polar surface area (TPSA) is 93.7 Å². The van der Waals surface area contributed by atoms with Crippen molar-refractivity contribution < 1.29 is 23.9 Å². The summed E-state index contributed by atoms with van der Waals surface area (Å²) < 4.78 is 10.4. The Morgan fingerprint density at radius 1 is 1.00 bits per heavy atom. The highest BCUT2D eigenvalue weighted by Crippen LogP contribution is 2.26. The van der Waals surface area contributed by atoms with E-state index in [1.54, 1.807) is 14.0 Å². The fourth-order valence-corrected chi connectivity index (χ4v) is 2.38. The van der Waals surface area contributed by atoms with Crippen molar-refractivity contribution >= 4 is 28.7 Å². The van der Waals surface area contributed by atoms with Gasteiger partial charge >= 0.3 is 12.0 Å². The number of imide groups is 1. The normalized spacial score (nSPS) is 12.8. The predicted octanol–water partition coefficient (Wildman–Crippen LogP) is 2.34. The first kappa shape index (κ1) is 19.2. The van der Waals surface area contributed by atoms with E-state index in [4.69, 9.17) is 9.47 Å². The van der Waals surface area contributed by atoms with Gasteiger partial charge in [-0.05, 0) is 42.3 Å². The lowest BCUT2D eigenvalue weighted by molar-refractivity contribution is -0.155. The lowest BCUT2D eigenvalue weighted by Crippen LogP contribution is -2.43. The van der Waals surface area contributed by atoms with Gasteiger partial charge < -0.3 is 14.8 Å². The second-order valence-electron chi connectivity index (χ2n) is 5.84. The van der Waals surface area contributed by atoms with E-state index in [9.17, 15) is 14.4 Å². The Balaban J connectivity index is 2.08. The second-order valence-corrected chi connectivity index (χ2v) is 5.84. The highest BCUT2D eigenvalue weighted by atomic mass is 16.5. The minimum atomic E-state index is -1.08. The summed E-state index contributed by atoms with van der Waals surface area (Å²) in [4.78, 5) is 35.3. The number of urea groups is 1. The third kappa shape index (κ3) is 4.50. The van der Waals surface area contributed by atoms with Crippen molar-refractivity contribution in [2.75, 3.05) is 14.2 Å². The zero-order valence-electron chi connectivity index (χ0n) is 15.2. The zero-order valence-corrected chi connectivity index (χ0v) is 15.2. The average molecular weight is 358 g/mol. The minimum absolute atomic E-state index is 0.544. The van der Waals surface area contributed by atoms with Crippen molar-refractivity contribution in [2.24, 2.45) is 0 Å². The number of nitrogens with one attached hydrogen (secondary N) is 2. The molecule has 0 radical (unpaired) electrons. The number of hydrogen-bond donors (Lipinski definition) is 2. The highest BCUT2D eigenvalue weighted by Gasteiger charge is 2.24. The van der Waals surface area contributed by atoms with Crippen molar-refractivity contribution in [3.8, 4) is 5.75 Å². The van der Waals surface area contributed by atoms with Crippen LogP contribution in [0.5, 0.6) is 5.75 Å². The Labute approximate surface area is 151 Å². The van der Waals surface area contributed by atoms with Crippen LogP contribution in [0.1, 0.15) is 25.3 Å². The first-order valence-corrected chi connectivity index (χ1v) is 8.16. The molecular weight excluding hydrogens is 336 g/mol. The molecule has 0 aliphatic heterocycles. The van der Waals surface area contributed by atoms with Crippen LogP contribution >= 0.6 is 0 Å². The average Bonchev–Trinajstić information content (AvgIpc) is 2.65. The number of ether oxygens (including phenoxy) is 2. The first-order valence-electron chi connectivity index (χ1n) is 8.16. The maximum atomic E-state index is 12.3. The molecule has 7 heteroatoms. The number of carbonyl (C=O) groups excluding carboxylic acids is 3. The molecule has 2 atom stereocenters. The van der Waals surface area contributed by atoms with E-state index < -0.39 is 29.9 Å². The van der Waals surface area contributed by atoms with Crippen molar-refractivity contribution in [3.63, 3.8) is 0 Å². The molecule has 0 heterocycles. The predicted molar refractivity (Wildman–Crippen MR) is 97.1 cm³/mol. The molecule has 0 fully saturated rings. The van der Waals surface area contributed by atoms with Gasteiger partial charge in [0.25, 0.3) is 5.91 Å². The summed E-state index contributed by atoms with van der Waals surface area (Å²) in [7, 11) is 2.99. The Bertz CT molecular complexity index is 834. The van der Waals surface area contributed by atoms with E-state index in [2.05, 4.69) is 10.6 Å². The van der Waals surface area contributed by atoms with Crippen LogP contribution in [0.4, 0.5) is 4.79 Å². The van der Waals surface area contributed by atoms with Crippen molar-refractivity contribution in [3.05, 3.63) is 42.0 Å². The van der Waals surface area contributed by atoms with Gasteiger partial charge in [0, 0.05) is 7.05 Å². The van der Waals surface area contributed by atoms with Gasteiger partial charge in [-0.25, -0.2) is 4.79 Å². The number of amides is 3. The summed E-state index contributed by atoms with van der Waals surface area (Å²) in [5.41, 5.74) is 0.770. The van der Waals surface area contributed by atoms with Gasteiger partial charge in [0.05, 0.1) is 13.0 Å². The van der Waals surface area contributed by atoms with Crippen LogP contribution in [-0.2, 0) is 14.3 Å². The van der Waals surface area contributed by atoms with Crippen LogP contribution in [0.2, 0.25) is 0 Å². The number of methoxy groups -OCH3 is 1. The minimum Gasteiger partial charge on any atom is -0.497 e. The fourth-order valence-electron chi connectivity index (χ4n) is 2.38.